The molecule has 0 aliphatic carbocycles. The molecule has 2 aliphatic rings. The fraction of sp³-hybridized carbons (Fsp3) is 0.739. The third-order valence-electron chi connectivity index (χ3n) is 7.72. The highest BCUT2D eigenvalue weighted by atomic mass is 31.2. The second-order valence-electron chi connectivity index (χ2n) is 9.10. The molecule has 7 heteroatoms. The average molecular weight is 438 g/mol. The van der Waals surface area contributed by atoms with Gasteiger partial charge in [0, 0.05) is 70.2 Å². The predicted octanol–water partition coefficient (Wildman–Crippen LogP) is 2.68. The molecule has 30 heavy (non-hydrogen) atoms. The average Bonchev–Trinajstić information content (AvgIpc) is 2.91. The van der Waals surface area contributed by atoms with Gasteiger partial charge < -0.3 is 19.5 Å². The topological polar surface area (TPSA) is 55.8 Å². The lowest BCUT2D eigenvalue weighted by Crippen LogP contribution is -2.60. The Bertz CT molecular complexity index is 723. The maximum atomic E-state index is 13.8. The number of hydrogen-bond donors (Lipinski definition) is 2. The first-order valence-corrected chi connectivity index (χ1v) is 13.9. The van der Waals surface area contributed by atoms with Gasteiger partial charge in [-0.2, -0.15) is 0 Å². The van der Waals surface area contributed by atoms with Crippen LogP contribution in [0.5, 0.6) is 5.75 Å². The number of aromatic hydroxyl groups is 1. The number of nitrogens with zero attached hydrogens (tertiary/aromatic N) is 3. The number of phenolic OH excluding ortho intramolecular Hbond substituents is 1. The Morgan fingerprint density at radius 1 is 1.03 bits per heavy atom. The molecule has 0 spiro atoms. The van der Waals surface area contributed by atoms with E-state index in [4.69, 9.17) is 0 Å². The molecule has 3 unspecified atom stereocenters. The van der Waals surface area contributed by atoms with Crippen LogP contribution in [-0.4, -0.2) is 103 Å². The minimum absolute atomic E-state index is 0.194. The highest BCUT2D eigenvalue weighted by molar-refractivity contribution is 7.64. The number of para-hydroxylation sites is 1. The van der Waals surface area contributed by atoms with E-state index in [2.05, 4.69) is 35.9 Å². The molecule has 2 saturated heterocycles. The van der Waals surface area contributed by atoms with E-state index in [-0.39, 0.29) is 5.78 Å². The van der Waals surface area contributed by atoms with E-state index in [0.717, 1.165) is 94.4 Å². The summed E-state index contributed by atoms with van der Waals surface area (Å²) in [4.78, 5) is 5.06. The molecule has 2 bridgehead atoms. The summed E-state index contributed by atoms with van der Waals surface area (Å²) in [7, 11) is -2.22. The number of nitrogens with one attached hydrogen (secondary N) is 1. The van der Waals surface area contributed by atoms with Crippen LogP contribution in [0, 0.1) is 0 Å². The van der Waals surface area contributed by atoms with Crippen LogP contribution >= 0.6 is 7.14 Å². The maximum Gasteiger partial charge on any atom is 0.142 e. The van der Waals surface area contributed by atoms with Crippen LogP contribution in [-0.2, 0) is 11.1 Å². The molecule has 0 radical (unpaired) electrons. The van der Waals surface area contributed by atoms with Crippen molar-refractivity contribution in [3.8, 4) is 5.75 Å². The molecule has 2 heterocycles. The van der Waals surface area contributed by atoms with Crippen LogP contribution in [0.1, 0.15) is 26.3 Å². The summed E-state index contributed by atoms with van der Waals surface area (Å²) in [5, 5.41) is 13.9. The van der Waals surface area contributed by atoms with Crippen molar-refractivity contribution < 1.29 is 14.2 Å². The molecule has 0 saturated carbocycles. The standard InChI is InChI=1S/C23H41N4O2P/c1-4-30(29,5-2)21(3)27-17-11-24-10-12-25(15-18-27)13-14-26(16-19-27)20-22-8-6-7-9-23(22)28/h6-9,21,24H,4-5,10-20H2,1-3H3/p+1. The second-order valence-corrected chi connectivity index (χ2v) is 13.0. The van der Waals surface area contributed by atoms with E-state index in [1.54, 1.807) is 6.07 Å². The Labute approximate surface area is 183 Å². The van der Waals surface area contributed by atoms with Crippen molar-refractivity contribution in [2.24, 2.45) is 0 Å². The van der Waals surface area contributed by atoms with Gasteiger partial charge in [-0.25, -0.2) is 0 Å². The number of fused-ring (bicyclic) bond motifs is 3. The normalized spacial score (nSPS) is 27.9. The van der Waals surface area contributed by atoms with Crippen molar-refractivity contribution in [2.75, 3.05) is 77.8 Å². The van der Waals surface area contributed by atoms with Gasteiger partial charge in [0.2, 0.25) is 0 Å². The van der Waals surface area contributed by atoms with Gasteiger partial charge >= 0.3 is 0 Å². The summed E-state index contributed by atoms with van der Waals surface area (Å²) in [6.45, 7) is 17.6. The SMILES string of the molecule is CCP(=O)(CC)C(C)[N+]12CCNCCN(CCN(Cc3ccccc3O)CC1)CC2. The molecule has 170 valence electrons. The highest BCUT2D eigenvalue weighted by Crippen LogP contribution is 2.53. The summed E-state index contributed by atoms with van der Waals surface area (Å²) >= 11 is 0. The Kier molecular flexibility index (Phi) is 8.39. The van der Waals surface area contributed by atoms with Gasteiger partial charge in [-0.15, -0.1) is 0 Å². The molecule has 3 atom stereocenters. The van der Waals surface area contributed by atoms with Crippen molar-refractivity contribution in [2.45, 2.75) is 33.1 Å². The molecule has 0 amide bonds. The number of hydrogen-bond acceptors (Lipinski definition) is 5. The number of quaternary nitrogens is 1. The zero-order valence-corrected chi connectivity index (χ0v) is 20.1. The molecule has 2 N–H and O–H groups in total. The minimum atomic E-state index is -2.22. The summed E-state index contributed by atoms with van der Waals surface area (Å²) in [6, 6.07) is 7.69. The lowest BCUT2D eigenvalue weighted by molar-refractivity contribution is -0.935. The van der Waals surface area contributed by atoms with Gasteiger partial charge in [-0.3, -0.25) is 9.80 Å². The van der Waals surface area contributed by atoms with Gasteiger partial charge in [0.1, 0.15) is 18.7 Å². The Balaban J connectivity index is 1.88. The first kappa shape index (κ1) is 23.7. The lowest BCUT2D eigenvalue weighted by atomic mass is 10.2. The Morgan fingerprint density at radius 3 is 2.50 bits per heavy atom. The second kappa shape index (κ2) is 10.6. The number of phenols is 1. The van der Waals surface area contributed by atoms with Gasteiger partial charge in [0.25, 0.3) is 0 Å². The van der Waals surface area contributed by atoms with E-state index < -0.39 is 7.14 Å². The van der Waals surface area contributed by atoms with E-state index >= 15 is 0 Å². The van der Waals surface area contributed by atoms with Crippen molar-refractivity contribution in [3.63, 3.8) is 0 Å². The van der Waals surface area contributed by atoms with Crippen molar-refractivity contribution in [1.82, 2.24) is 15.1 Å². The van der Waals surface area contributed by atoms with Crippen LogP contribution in [0.15, 0.2) is 24.3 Å². The Hall–Kier alpha value is -0.910. The van der Waals surface area contributed by atoms with E-state index in [9.17, 15) is 9.67 Å². The smallest absolute Gasteiger partial charge is 0.142 e. The molecule has 1 aromatic rings. The van der Waals surface area contributed by atoms with Crippen molar-refractivity contribution in [1.29, 1.82) is 0 Å². The van der Waals surface area contributed by atoms with Gasteiger partial charge in [0.05, 0.1) is 19.6 Å². The first-order valence-electron chi connectivity index (χ1n) is 11.8. The van der Waals surface area contributed by atoms with Crippen LogP contribution in [0.4, 0.5) is 0 Å². The molecular formula is C23H42N4O2P+. The zero-order valence-electron chi connectivity index (χ0n) is 19.2. The quantitative estimate of drug-likeness (QED) is 0.529. The van der Waals surface area contributed by atoms with Crippen LogP contribution in [0.3, 0.4) is 0 Å². The number of benzene rings is 1. The van der Waals surface area contributed by atoms with Crippen LogP contribution in [0.25, 0.3) is 0 Å². The maximum absolute atomic E-state index is 13.8. The van der Waals surface area contributed by atoms with E-state index in [1.165, 1.54) is 0 Å². The molecule has 2 aliphatic heterocycles. The molecule has 1 aromatic carbocycles. The molecule has 6 nitrogen and oxygen atoms in total. The lowest BCUT2D eigenvalue weighted by Gasteiger charge is -2.47. The van der Waals surface area contributed by atoms with Crippen molar-refractivity contribution in [3.05, 3.63) is 29.8 Å². The van der Waals surface area contributed by atoms with Gasteiger partial charge in [0.15, 0.2) is 0 Å². The first-order chi connectivity index (χ1) is 14.4. The fourth-order valence-electron chi connectivity index (χ4n) is 5.21. The van der Waals surface area contributed by atoms with E-state index in [1.807, 2.05) is 18.2 Å². The summed E-state index contributed by atoms with van der Waals surface area (Å²) in [6.07, 6.45) is 1.59. The summed E-state index contributed by atoms with van der Waals surface area (Å²) in [5.41, 5.74) is 0.996. The van der Waals surface area contributed by atoms with E-state index in [0.29, 0.717) is 5.75 Å². The minimum Gasteiger partial charge on any atom is -0.508 e. The molecular weight excluding hydrogens is 395 g/mol. The third-order valence-corrected chi connectivity index (χ3v) is 11.7. The van der Waals surface area contributed by atoms with Gasteiger partial charge in [-0.05, 0) is 13.0 Å². The summed E-state index contributed by atoms with van der Waals surface area (Å²) in [5.74, 6) is 0.578. The van der Waals surface area contributed by atoms with Crippen LogP contribution < -0.4 is 5.32 Å². The van der Waals surface area contributed by atoms with Gasteiger partial charge in [-0.1, -0.05) is 32.0 Å². The molecule has 2 fully saturated rings. The Morgan fingerprint density at radius 2 is 1.77 bits per heavy atom. The number of rotatable bonds is 6. The monoisotopic (exact) mass is 437 g/mol. The highest BCUT2D eigenvalue weighted by Gasteiger charge is 2.44. The summed E-state index contributed by atoms with van der Waals surface area (Å²) < 4.78 is 14.8. The fourth-order valence-corrected chi connectivity index (χ4v) is 7.96. The third kappa shape index (κ3) is 5.46. The molecule has 3 rings (SSSR count). The largest absolute Gasteiger partial charge is 0.508 e. The molecule has 0 aromatic heterocycles. The van der Waals surface area contributed by atoms with Crippen LogP contribution in [0.2, 0.25) is 0 Å². The van der Waals surface area contributed by atoms with Crippen molar-refractivity contribution >= 4 is 7.14 Å². The predicted molar refractivity (Wildman–Crippen MR) is 126 cm³/mol. The zero-order chi connectivity index (χ0) is 21.6.